The highest BCUT2D eigenvalue weighted by Gasteiger charge is 2.43. The van der Waals surface area contributed by atoms with Gasteiger partial charge in [-0.1, -0.05) is 11.6 Å². The number of aromatic nitrogens is 1. The van der Waals surface area contributed by atoms with E-state index < -0.39 is 17.7 Å². The van der Waals surface area contributed by atoms with Gasteiger partial charge in [0, 0.05) is 22.2 Å². The fourth-order valence-electron chi connectivity index (χ4n) is 3.29. The molecule has 1 aromatic heterocycles. The van der Waals surface area contributed by atoms with Gasteiger partial charge in [-0.25, -0.2) is 4.98 Å². The molecule has 0 aromatic carbocycles. The minimum absolute atomic E-state index is 0.000954. The lowest BCUT2D eigenvalue weighted by Crippen LogP contribution is -2.26. The average Bonchev–Trinajstić information content (AvgIpc) is 2.91. The molecule has 0 saturated heterocycles. The summed E-state index contributed by atoms with van der Waals surface area (Å²) in [4.78, 5) is 28.5. The first kappa shape index (κ1) is 16.2. The van der Waals surface area contributed by atoms with Gasteiger partial charge in [-0.15, -0.1) is 0 Å². The van der Waals surface area contributed by atoms with Crippen molar-refractivity contribution in [2.24, 2.45) is 11.8 Å². The number of hydrogen-bond acceptors (Lipinski definition) is 3. The largest absolute Gasteiger partial charge is 0.433 e. The number of alkyl halides is 3. The molecule has 2 aliphatic rings. The molecule has 0 spiro atoms. The Kier molecular flexibility index (Phi) is 3.83. The number of ketones is 2. The minimum atomic E-state index is -4.58. The van der Waals surface area contributed by atoms with Crippen LogP contribution < -0.4 is 0 Å². The number of allylic oxidation sites excluding steroid dienone is 2. The second-order valence-electron chi connectivity index (χ2n) is 5.95. The van der Waals surface area contributed by atoms with Crippen LogP contribution in [0, 0.1) is 18.8 Å². The monoisotopic (exact) mass is 343 g/mol. The number of rotatable bonds is 2. The molecule has 2 bridgehead atoms. The van der Waals surface area contributed by atoms with Crippen molar-refractivity contribution in [2.45, 2.75) is 32.4 Å². The molecular formula is C16H13ClF3NO2. The molecule has 1 fully saturated rings. The summed E-state index contributed by atoms with van der Waals surface area (Å²) >= 11 is 6.21. The zero-order chi connectivity index (χ0) is 16.9. The Balaban J connectivity index is 2.01. The third-order valence-corrected chi connectivity index (χ3v) is 4.99. The fraction of sp³-hybridized carbons (Fsp3) is 0.438. The second-order valence-corrected chi connectivity index (χ2v) is 6.36. The van der Waals surface area contributed by atoms with Crippen LogP contribution >= 0.6 is 11.6 Å². The molecule has 2 unspecified atom stereocenters. The summed E-state index contributed by atoms with van der Waals surface area (Å²) in [6.45, 7) is 1.32. The standard InChI is InChI=1S/C16H13ClF3NO2/c1-7-10(4-5-11(21-7)16(18,19)20)15(23)12-13(17)8-2-3-9(6-8)14(12)22/h4-5,8-9H,2-3,6H2,1H3. The summed E-state index contributed by atoms with van der Waals surface area (Å²) in [5.74, 6) is -1.13. The van der Waals surface area contributed by atoms with E-state index in [1.807, 2.05) is 0 Å². The van der Waals surface area contributed by atoms with E-state index in [0.29, 0.717) is 12.8 Å². The van der Waals surface area contributed by atoms with Gasteiger partial charge in [0.15, 0.2) is 11.6 Å². The maximum Gasteiger partial charge on any atom is 0.433 e. The number of carbonyl (C=O) groups excluding carboxylic acids is 2. The number of hydrogen-bond donors (Lipinski definition) is 0. The smallest absolute Gasteiger partial charge is 0.294 e. The maximum atomic E-state index is 12.7. The molecule has 1 saturated carbocycles. The van der Waals surface area contributed by atoms with Gasteiger partial charge in [0.25, 0.3) is 0 Å². The van der Waals surface area contributed by atoms with Crippen LogP contribution in [0.3, 0.4) is 0 Å². The lowest BCUT2D eigenvalue weighted by Gasteiger charge is -2.21. The van der Waals surface area contributed by atoms with Gasteiger partial charge in [0.1, 0.15) is 5.69 Å². The van der Waals surface area contributed by atoms with Crippen LogP contribution in [0.15, 0.2) is 22.7 Å². The topological polar surface area (TPSA) is 47.0 Å². The van der Waals surface area contributed by atoms with Gasteiger partial charge < -0.3 is 0 Å². The van der Waals surface area contributed by atoms with E-state index >= 15 is 0 Å². The lowest BCUT2D eigenvalue weighted by molar-refractivity contribution is -0.141. The van der Waals surface area contributed by atoms with Crippen molar-refractivity contribution in [3.63, 3.8) is 0 Å². The zero-order valence-corrected chi connectivity index (χ0v) is 13.0. The first-order valence-corrected chi connectivity index (χ1v) is 7.61. The van der Waals surface area contributed by atoms with Gasteiger partial charge in [0.05, 0.1) is 5.57 Å². The molecule has 0 radical (unpaired) electrons. The van der Waals surface area contributed by atoms with Crippen molar-refractivity contribution in [1.29, 1.82) is 0 Å². The predicted octanol–water partition coefficient (Wildman–Crippen LogP) is 4.08. The SMILES string of the molecule is Cc1nc(C(F)(F)F)ccc1C(=O)C1=C(Cl)C2CCC(C2)C1=O. The van der Waals surface area contributed by atoms with E-state index in [0.717, 1.165) is 18.6 Å². The van der Waals surface area contributed by atoms with Gasteiger partial charge in [0.2, 0.25) is 0 Å². The molecule has 3 rings (SSSR count). The predicted molar refractivity (Wildman–Crippen MR) is 77.0 cm³/mol. The highest BCUT2D eigenvalue weighted by atomic mass is 35.5. The molecule has 7 heteroatoms. The van der Waals surface area contributed by atoms with Crippen molar-refractivity contribution in [3.05, 3.63) is 39.7 Å². The van der Waals surface area contributed by atoms with E-state index in [9.17, 15) is 22.8 Å². The van der Waals surface area contributed by atoms with E-state index in [4.69, 9.17) is 11.6 Å². The van der Waals surface area contributed by atoms with Crippen LogP contribution in [0.1, 0.15) is 41.0 Å². The molecule has 2 aliphatic carbocycles. The number of fused-ring (bicyclic) bond motifs is 2. The Bertz CT molecular complexity index is 739. The summed E-state index contributed by atoms with van der Waals surface area (Å²) in [7, 11) is 0. The minimum Gasteiger partial charge on any atom is -0.294 e. The van der Waals surface area contributed by atoms with Gasteiger partial charge in [-0.3, -0.25) is 9.59 Å². The number of pyridine rings is 1. The van der Waals surface area contributed by atoms with Crippen LogP contribution in [0.2, 0.25) is 0 Å². The Morgan fingerprint density at radius 1 is 1.26 bits per heavy atom. The molecule has 2 atom stereocenters. The molecule has 0 aliphatic heterocycles. The summed E-state index contributed by atoms with van der Waals surface area (Å²) in [5, 5.41) is 0.244. The zero-order valence-electron chi connectivity index (χ0n) is 12.2. The third kappa shape index (κ3) is 2.69. The maximum absolute atomic E-state index is 12.7. The summed E-state index contributed by atoms with van der Waals surface area (Å²) in [5.41, 5.74) is -1.22. The van der Waals surface area contributed by atoms with Crippen molar-refractivity contribution in [1.82, 2.24) is 4.98 Å². The van der Waals surface area contributed by atoms with Crippen molar-refractivity contribution in [3.8, 4) is 0 Å². The molecule has 0 amide bonds. The summed E-state index contributed by atoms with van der Waals surface area (Å²) in [6, 6.07) is 1.81. The van der Waals surface area contributed by atoms with Gasteiger partial charge in [-0.05, 0) is 44.2 Å². The van der Waals surface area contributed by atoms with Crippen LogP contribution in [0.5, 0.6) is 0 Å². The second kappa shape index (κ2) is 5.44. The lowest BCUT2D eigenvalue weighted by atomic mass is 9.84. The molecule has 1 heterocycles. The Morgan fingerprint density at radius 2 is 1.91 bits per heavy atom. The van der Waals surface area contributed by atoms with E-state index in [2.05, 4.69) is 4.98 Å². The Morgan fingerprint density at radius 3 is 2.52 bits per heavy atom. The third-order valence-electron chi connectivity index (χ3n) is 4.50. The Hall–Kier alpha value is -1.69. The van der Waals surface area contributed by atoms with Gasteiger partial charge >= 0.3 is 6.18 Å². The fourth-order valence-corrected chi connectivity index (χ4v) is 3.67. The molecular weight excluding hydrogens is 331 g/mol. The van der Waals surface area contributed by atoms with Crippen LogP contribution in [-0.4, -0.2) is 16.6 Å². The number of halogens is 4. The quantitative estimate of drug-likeness (QED) is 0.600. The molecule has 1 aromatic rings. The van der Waals surface area contributed by atoms with Crippen LogP contribution in [0.4, 0.5) is 13.2 Å². The van der Waals surface area contributed by atoms with E-state index in [-0.39, 0.29) is 39.5 Å². The first-order chi connectivity index (χ1) is 10.7. The summed E-state index contributed by atoms with van der Waals surface area (Å²) < 4.78 is 38.0. The van der Waals surface area contributed by atoms with Crippen molar-refractivity contribution < 1.29 is 22.8 Å². The number of nitrogens with zero attached hydrogens (tertiary/aromatic N) is 1. The normalized spacial score (nSPS) is 24.3. The van der Waals surface area contributed by atoms with Crippen LogP contribution in [0.25, 0.3) is 0 Å². The van der Waals surface area contributed by atoms with Gasteiger partial charge in [-0.2, -0.15) is 13.2 Å². The molecule has 23 heavy (non-hydrogen) atoms. The molecule has 0 N–H and O–H groups in total. The Labute approximate surface area is 135 Å². The number of aryl methyl sites for hydroxylation is 1. The number of Topliss-reactive ketones (excluding diaryl/α,β-unsaturated/α-hetero) is 2. The summed E-state index contributed by atoms with van der Waals surface area (Å²) in [6.07, 6.45) is -2.47. The van der Waals surface area contributed by atoms with Crippen molar-refractivity contribution in [2.75, 3.05) is 0 Å². The first-order valence-electron chi connectivity index (χ1n) is 7.23. The van der Waals surface area contributed by atoms with E-state index in [1.54, 1.807) is 0 Å². The number of carbonyl (C=O) groups is 2. The average molecular weight is 344 g/mol. The molecule has 3 nitrogen and oxygen atoms in total. The van der Waals surface area contributed by atoms with E-state index in [1.165, 1.54) is 6.92 Å². The van der Waals surface area contributed by atoms with Crippen LogP contribution in [-0.2, 0) is 11.0 Å². The van der Waals surface area contributed by atoms with Crippen molar-refractivity contribution >= 4 is 23.2 Å². The molecule has 122 valence electrons. The highest BCUT2D eigenvalue weighted by Crippen LogP contribution is 2.45. The highest BCUT2D eigenvalue weighted by molar-refractivity contribution is 6.40.